The third-order valence-corrected chi connectivity index (χ3v) is 3.24. The third kappa shape index (κ3) is 4.10. The van der Waals surface area contributed by atoms with Crippen molar-refractivity contribution in [2.24, 2.45) is 11.7 Å². The Hall–Kier alpha value is -0.930. The average molecular weight is 257 g/mol. The van der Waals surface area contributed by atoms with E-state index in [1.54, 1.807) is 7.11 Å². The van der Waals surface area contributed by atoms with Crippen LogP contribution in [0.15, 0.2) is 12.1 Å². The molecule has 96 valence electrons. The summed E-state index contributed by atoms with van der Waals surface area (Å²) in [6, 6.07) is 3.85. The van der Waals surface area contributed by atoms with E-state index in [1.807, 2.05) is 19.1 Å². The first-order valence-corrected chi connectivity index (χ1v) is 6.24. The van der Waals surface area contributed by atoms with Crippen molar-refractivity contribution in [3.05, 3.63) is 22.7 Å². The highest BCUT2D eigenvalue weighted by atomic mass is 35.5. The molecule has 1 aromatic rings. The van der Waals surface area contributed by atoms with Crippen LogP contribution in [0, 0.1) is 12.8 Å². The number of aryl methyl sites for hydroxylation is 1. The van der Waals surface area contributed by atoms with Crippen molar-refractivity contribution in [3.8, 4) is 5.75 Å². The molecule has 1 unspecified atom stereocenters. The summed E-state index contributed by atoms with van der Waals surface area (Å²) in [6.45, 7) is 5.73. The van der Waals surface area contributed by atoms with Gasteiger partial charge in [-0.05, 0) is 37.4 Å². The Labute approximate surface area is 108 Å². The maximum Gasteiger partial charge on any atom is 0.143 e. The molecule has 0 bridgehead atoms. The van der Waals surface area contributed by atoms with Crippen LogP contribution in [-0.4, -0.2) is 20.2 Å². The van der Waals surface area contributed by atoms with Gasteiger partial charge < -0.3 is 15.8 Å². The summed E-state index contributed by atoms with van der Waals surface area (Å²) in [5, 5.41) is 4.08. The van der Waals surface area contributed by atoms with Crippen LogP contribution < -0.4 is 15.8 Å². The normalized spacial score (nSPS) is 12.3. The number of methoxy groups -OCH3 is 1. The second-order valence-corrected chi connectivity index (χ2v) is 4.77. The standard InChI is InChI=1S/C13H21ClN2O/c1-9(8-15)4-5-16-12-6-10(2)11(14)7-13(12)17-3/h6-7,9,16H,4-5,8,15H2,1-3H3. The molecule has 0 saturated carbocycles. The predicted molar refractivity (Wildman–Crippen MR) is 74.1 cm³/mol. The lowest BCUT2D eigenvalue weighted by Gasteiger charge is -2.14. The minimum absolute atomic E-state index is 0.530. The Morgan fingerprint density at radius 2 is 2.18 bits per heavy atom. The first kappa shape index (κ1) is 14.1. The fourth-order valence-corrected chi connectivity index (χ4v) is 1.70. The van der Waals surface area contributed by atoms with Gasteiger partial charge in [-0.2, -0.15) is 0 Å². The molecule has 1 rings (SSSR count). The zero-order valence-corrected chi connectivity index (χ0v) is 11.5. The number of halogens is 1. The lowest BCUT2D eigenvalue weighted by molar-refractivity contribution is 0.416. The van der Waals surface area contributed by atoms with Crippen LogP contribution in [0.1, 0.15) is 18.9 Å². The van der Waals surface area contributed by atoms with E-state index in [0.29, 0.717) is 5.92 Å². The van der Waals surface area contributed by atoms with Gasteiger partial charge in [-0.3, -0.25) is 0 Å². The van der Waals surface area contributed by atoms with Gasteiger partial charge in [0.15, 0.2) is 0 Å². The number of hydrogen-bond donors (Lipinski definition) is 2. The van der Waals surface area contributed by atoms with Gasteiger partial charge in [-0.15, -0.1) is 0 Å². The van der Waals surface area contributed by atoms with Crippen LogP contribution in [-0.2, 0) is 0 Å². The number of rotatable bonds is 6. The molecule has 0 aromatic heterocycles. The van der Waals surface area contributed by atoms with Gasteiger partial charge in [0.1, 0.15) is 5.75 Å². The topological polar surface area (TPSA) is 47.3 Å². The zero-order valence-electron chi connectivity index (χ0n) is 10.7. The number of anilines is 1. The molecule has 4 heteroatoms. The summed E-state index contributed by atoms with van der Waals surface area (Å²) in [4.78, 5) is 0. The molecule has 1 aromatic carbocycles. The SMILES string of the molecule is COc1cc(Cl)c(C)cc1NCCC(C)CN. The minimum atomic E-state index is 0.530. The highest BCUT2D eigenvalue weighted by Crippen LogP contribution is 2.30. The highest BCUT2D eigenvalue weighted by Gasteiger charge is 2.07. The average Bonchev–Trinajstić information content (AvgIpc) is 2.32. The molecular formula is C13H21ClN2O. The van der Waals surface area contributed by atoms with E-state index in [4.69, 9.17) is 22.1 Å². The number of nitrogens with one attached hydrogen (secondary N) is 1. The summed E-state index contributed by atoms with van der Waals surface area (Å²) >= 11 is 6.05. The second-order valence-electron chi connectivity index (χ2n) is 4.36. The van der Waals surface area contributed by atoms with E-state index in [2.05, 4.69) is 12.2 Å². The van der Waals surface area contributed by atoms with Gasteiger partial charge in [0.25, 0.3) is 0 Å². The number of hydrogen-bond acceptors (Lipinski definition) is 3. The highest BCUT2D eigenvalue weighted by molar-refractivity contribution is 6.31. The van der Waals surface area contributed by atoms with Crippen LogP contribution >= 0.6 is 11.6 Å². The molecule has 0 aliphatic rings. The molecule has 1 atom stereocenters. The van der Waals surface area contributed by atoms with Crippen molar-refractivity contribution in [2.75, 3.05) is 25.5 Å². The van der Waals surface area contributed by atoms with Gasteiger partial charge in [0.05, 0.1) is 12.8 Å². The van der Waals surface area contributed by atoms with Crippen molar-refractivity contribution >= 4 is 17.3 Å². The monoisotopic (exact) mass is 256 g/mol. The van der Waals surface area contributed by atoms with Gasteiger partial charge in [0.2, 0.25) is 0 Å². The molecule has 17 heavy (non-hydrogen) atoms. The Bertz CT molecular complexity index is 369. The molecule has 3 nitrogen and oxygen atoms in total. The smallest absolute Gasteiger partial charge is 0.143 e. The third-order valence-electron chi connectivity index (χ3n) is 2.84. The maximum atomic E-state index is 6.05. The fraction of sp³-hybridized carbons (Fsp3) is 0.538. The molecule has 0 heterocycles. The Morgan fingerprint density at radius 1 is 1.47 bits per heavy atom. The second kappa shape index (κ2) is 6.72. The van der Waals surface area contributed by atoms with Crippen molar-refractivity contribution in [1.29, 1.82) is 0 Å². The van der Waals surface area contributed by atoms with Crippen LogP contribution in [0.5, 0.6) is 5.75 Å². The molecule has 0 spiro atoms. The minimum Gasteiger partial charge on any atom is -0.495 e. The van der Waals surface area contributed by atoms with Crippen LogP contribution in [0.3, 0.4) is 0 Å². The van der Waals surface area contributed by atoms with Crippen molar-refractivity contribution in [1.82, 2.24) is 0 Å². The fourth-order valence-electron chi connectivity index (χ4n) is 1.54. The van der Waals surface area contributed by atoms with Crippen LogP contribution in [0.4, 0.5) is 5.69 Å². The Balaban J connectivity index is 2.66. The van der Waals surface area contributed by atoms with Gasteiger partial charge in [-0.25, -0.2) is 0 Å². The molecule has 0 fully saturated rings. The summed E-state index contributed by atoms with van der Waals surface area (Å²) in [5.41, 5.74) is 7.61. The van der Waals surface area contributed by atoms with Gasteiger partial charge >= 0.3 is 0 Å². The van der Waals surface area contributed by atoms with Crippen LogP contribution in [0.25, 0.3) is 0 Å². The molecule has 0 aliphatic heterocycles. The summed E-state index contributed by atoms with van der Waals surface area (Å²) in [6.07, 6.45) is 1.04. The zero-order chi connectivity index (χ0) is 12.8. The Kier molecular flexibility index (Phi) is 5.59. The lowest BCUT2D eigenvalue weighted by atomic mass is 10.1. The Morgan fingerprint density at radius 3 is 2.76 bits per heavy atom. The molecule has 0 amide bonds. The van der Waals surface area contributed by atoms with E-state index >= 15 is 0 Å². The van der Waals surface area contributed by atoms with Crippen molar-refractivity contribution < 1.29 is 4.74 Å². The number of nitrogens with two attached hydrogens (primary N) is 1. The van der Waals surface area contributed by atoms with Crippen molar-refractivity contribution in [3.63, 3.8) is 0 Å². The molecule has 0 radical (unpaired) electrons. The molecular weight excluding hydrogens is 236 g/mol. The summed E-state index contributed by atoms with van der Waals surface area (Å²) < 4.78 is 5.29. The van der Waals surface area contributed by atoms with E-state index in [1.165, 1.54) is 0 Å². The lowest BCUT2D eigenvalue weighted by Crippen LogP contribution is -2.15. The van der Waals surface area contributed by atoms with E-state index in [9.17, 15) is 0 Å². The summed E-state index contributed by atoms with van der Waals surface area (Å²) in [7, 11) is 1.65. The quantitative estimate of drug-likeness (QED) is 0.822. The molecule has 3 N–H and O–H groups in total. The first-order valence-electron chi connectivity index (χ1n) is 5.86. The number of benzene rings is 1. The number of ether oxygens (including phenoxy) is 1. The van der Waals surface area contributed by atoms with Gasteiger partial charge in [0, 0.05) is 17.6 Å². The van der Waals surface area contributed by atoms with E-state index < -0.39 is 0 Å². The van der Waals surface area contributed by atoms with E-state index in [-0.39, 0.29) is 0 Å². The molecule has 0 aliphatic carbocycles. The van der Waals surface area contributed by atoms with E-state index in [0.717, 1.165) is 41.5 Å². The predicted octanol–water partition coefficient (Wildman–Crippen LogP) is 3.05. The van der Waals surface area contributed by atoms with Gasteiger partial charge in [-0.1, -0.05) is 18.5 Å². The first-order chi connectivity index (χ1) is 8.08. The maximum absolute atomic E-state index is 6.05. The largest absolute Gasteiger partial charge is 0.495 e. The molecule has 0 saturated heterocycles. The summed E-state index contributed by atoms with van der Waals surface area (Å²) in [5.74, 6) is 1.31. The van der Waals surface area contributed by atoms with Crippen molar-refractivity contribution in [2.45, 2.75) is 20.3 Å². The van der Waals surface area contributed by atoms with Crippen LogP contribution in [0.2, 0.25) is 5.02 Å².